The second kappa shape index (κ2) is 9.46. The molecule has 0 saturated heterocycles. The first-order valence-corrected chi connectivity index (χ1v) is 8.67. The maximum atomic E-state index is 13.5. The monoisotopic (exact) mass is 459 g/mol. The van der Waals surface area contributed by atoms with Crippen LogP contribution in [-0.4, -0.2) is 23.5 Å². The SMILES string of the molecule is O=C(COc1ccc(Br)cc1Cl)NNC(=S)NC(=O)c1ccccc1F. The molecule has 2 rings (SSSR count). The normalized spacial score (nSPS) is 9.96. The van der Waals surface area contributed by atoms with Crippen molar-refractivity contribution < 1.29 is 18.7 Å². The zero-order valence-electron chi connectivity index (χ0n) is 13.0. The molecule has 0 aliphatic carbocycles. The second-order valence-electron chi connectivity index (χ2n) is 4.80. The van der Waals surface area contributed by atoms with Crippen LogP contribution in [0.5, 0.6) is 5.75 Å². The molecular formula is C16H12BrClFN3O3S. The van der Waals surface area contributed by atoms with Crippen molar-refractivity contribution in [3.05, 3.63) is 63.3 Å². The van der Waals surface area contributed by atoms with Gasteiger partial charge >= 0.3 is 0 Å². The van der Waals surface area contributed by atoms with E-state index in [1.54, 1.807) is 18.2 Å². The first-order valence-electron chi connectivity index (χ1n) is 7.09. The Balaban J connectivity index is 1.77. The molecule has 0 unspecified atom stereocenters. The van der Waals surface area contributed by atoms with Crippen LogP contribution in [-0.2, 0) is 4.79 Å². The molecule has 0 aliphatic heterocycles. The van der Waals surface area contributed by atoms with E-state index in [1.807, 2.05) is 0 Å². The van der Waals surface area contributed by atoms with Crippen molar-refractivity contribution in [1.82, 2.24) is 16.2 Å². The van der Waals surface area contributed by atoms with E-state index < -0.39 is 17.6 Å². The number of hydrogen-bond donors (Lipinski definition) is 3. The molecule has 2 aromatic carbocycles. The molecule has 2 amide bonds. The molecule has 10 heteroatoms. The Morgan fingerprint density at radius 2 is 1.92 bits per heavy atom. The van der Waals surface area contributed by atoms with E-state index in [-0.39, 0.29) is 17.3 Å². The second-order valence-corrected chi connectivity index (χ2v) is 6.53. The van der Waals surface area contributed by atoms with E-state index in [4.69, 9.17) is 28.6 Å². The van der Waals surface area contributed by atoms with Gasteiger partial charge in [0.1, 0.15) is 11.6 Å². The average Bonchev–Trinajstić information content (AvgIpc) is 2.59. The molecule has 0 saturated carbocycles. The molecule has 0 aliphatic rings. The first-order chi connectivity index (χ1) is 12.4. The Morgan fingerprint density at radius 1 is 1.19 bits per heavy atom. The Hall–Kier alpha value is -2.23. The van der Waals surface area contributed by atoms with Gasteiger partial charge in [0.25, 0.3) is 11.8 Å². The number of thiocarbonyl (C=S) groups is 1. The lowest BCUT2D eigenvalue weighted by Crippen LogP contribution is -2.49. The predicted octanol–water partition coefficient (Wildman–Crippen LogP) is 2.96. The summed E-state index contributed by atoms with van der Waals surface area (Å²) in [6, 6.07) is 10.4. The minimum Gasteiger partial charge on any atom is -0.482 e. The summed E-state index contributed by atoms with van der Waals surface area (Å²) in [5, 5.41) is 2.38. The van der Waals surface area contributed by atoms with Crippen molar-refractivity contribution in [2.45, 2.75) is 0 Å². The van der Waals surface area contributed by atoms with Crippen molar-refractivity contribution in [3.63, 3.8) is 0 Å². The Labute approximate surface area is 167 Å². The zero-order chi connectivity index (χ0) is 19.1. The third kappa shape index (κ3) is 5.94. The van der Waals surface area contributed by atoms with Gasteiger partial charge in [-0.15, -0.1) is 0 Å². The molecule has 0 bridgehead atoms. The number of nitrogens with one attached hydrogen (secondary N) is 3. The smallest absolute Gasteiger partial charge is 0.276 e. The summed E-state index contributed by atoms with van der Waals surface area (Å²) in [7, 11) is 0. The number of benzene rings is 2. The summed E-state index contributed by atoms with van der Waals surface area (Å²) >= 11 is 14.1. The van der Waals surface area contributed by atoms with Crippen molar-refractivity contribution in [3.8, 4) is 5.75 Å². The van der Waals surface area contributed by atoms with Gasteiger partial charge in [0.15, 0.2) is 11.7 Å². The molecule has 0 aromatic heterocycles. The van der Waals surface area contributed by atoms with Crippen molar-refractivity contribution in [2.75, 3.05) is 6.61 Å². The number of amides is 2. The molecule has 2 aromatic rings. The fraction of sp³-hybridized carbons (Fsp3) is 0.0625. The summed E-state index contributed by atoms with van der Waals surface area (Å²) in [5.41, 5.74) is 4.39. The number of rotatable bonds is 4. The van der Waals surface area contributed by atoms with E-state index in [1.165, 1.54) is 18.2 Å². The van der Waals surface area contributed by atoms with Crippen molar-refractivity contribution in [2.24, 2.45) is 0 Å². The van der Waals surface area contributed by atoms with Crippen LogP contribution in [0.1, 0.15) is 10.4 Å². The molecule has 0 heterocycles. The maximum Gasteiger partial charge on any atom is 0.276 e. The van der Waals surface area contributed by atoms with Gasteiger partial charge in [-0.05, 0) is 42.5 Å². The highest BCUT2D eigenvalue weighted by atomic mass is 79.9. The highest BCUT2D eigenvalue weighted by molar-refractivity contribution is 9.10. The van der Waals surface area contributed by atoms with E-state index in [2.05, 4.69) is 32.1 Å². The molecule has 136 valence electrons. The van der Waals surface area contributed by atoms with Gasteiger partial charge < -0.3 is 4.74 Å². The number of hydrazine groups is 1. The molecule has 0 spiro atoms. The largest absolute Gasteiger partial charge is 0.482 e. The number of carbonyl (C=O) groups excluding carboxylic acids is 2. The Bertz CT molecular complexity index is 853. The van der Waals surface area contributed by atoms with Gasteiger partial charge in [-0.1, -0.05) is 39.7 Å². The van der Waals surface area contributed by atoms with E-state index in [9.17, 15) is 14.0 Å². The number of halogens is 3. The van der Waals surface area contributed by atoms with Crippen LogP contribution in [0, 0.1) is 5.82 Å². The fourth-order valence-electron chi connectivity index (χ4n) is 1.75. The van der Waals surface area contributed by atoms with Gasteiger partial charge in [-0.2, -0.15) is 0 Å². The Morgan fingerprint density at radius 3 is 2.62 bits per heavy atom. The highest BCUT2D eigenvalue weighted by Crippen LogP contribution is 2.27. The number of ether oxygens (including phenoxy) is 1. The fourth-order valence-corrected chi connectivity index (χ4v) is 2.62. The average molecular weight is 461 g/mol. The van der Waals surface area contributed by atoms with E-state index >= 15 is 0 Å². The molecule has 3 N–H and O–H groups in total. The third-order valence-electron chi connectivity index (χ3n) is 2.91. The van der Waals surface area contributed by atoms with E-state index in [0.29, 0.717) is 10.8 Å². The van der Waals surface area contributed by atoms with Crippen LogP contribution in [0.15, 0.2) is 46.9 Å². The predicted molar refractivity (Wildman–Crippen MR) is 102 cm³/mol. The first kappa shape index (κ1) is 20.1. The molecule has 0 atom stereocenters. The zero-order valence-corrected chi connectivity index (χ0v) is 16.2. The lowest BCUT2D eigenvalue weighted by atomic mass is 10.2. The van der Waals surface area contributed by atoms with Crippen LogP contribution < -0.4 is 20.9 Å². The van der Waals surface area contributed by atoms with Gasteiger partial charge in [-0.3, -0.25) is 25.8 Å². The lowest BCUT2D eigenvalue weighted by molar-refractivity contribution is -0.123. The van der Waals surface area contributed by atoms with Crippen LogP contribution in [0.3, 0.4) is 0 Å². The summed E-state index contributed by atoms with van der Waals surface area (Å²) in [5.74, 6) is -1.66. The van der Waals surface area contributed by atoms with Crippen LogP contribution in [0.2, 0.25) is 5.02 Å². The molecule has 26 heavy (non-hydrogen) atoms. The topological polar surface area (TPSA) is 79.5 Å². The summed E-state index contributed by atoms with van der Waals surface area (Å²) in [6.07, 6.45) is 0. The van der Waals surface area contributed by atoms with Gasteiger partial charge in [0.05, 0.1) is 10.6 Å². The quantitative estimate of drug-likeness (QED) is 0.483. The minimum atomic E-state index is -0.743. The summed E-state index contributed by atoms with van der Waals surface area (Å²) < 4.78 is 19.5. The number of hydrogen-bond acceptors (Lipinski definition) is 4. The van der Waals surface area contributed by atoms with Crippen LogP contribution in [0.25, 0.3) is 0 Å². The van der Waals surface area contributed by atoms with Crippen LogP contribution in [0.4, 0.5) is 4.39 Å². The molecule has 6 nitrogen and oxygen atoms in total. The summed E-state index contributed by atoms with van der Waals surface area (Å²) in [6.45, 7) is -0.335. The van der Waals surface area contributed by atoms with Crippen molar-refractivity contribution in [1.29, 1.82) is 0 Å². The molecule has 0 fully saturated rings. The molecular weight excluding hydrogens is 449 g/mol. The maximum absolute atomic E-state index is 13.5. The summed E-state index contributed by atoms with van der Waals surface area (Å²) in [4.78, 5) is 23.6. The minimum absolute atomic E-state index is 0.170. The van der Waals surface area contributed by atoms with Crippen LogP contribution >= 0.6 is 39.7 Å². The molecule has 0 radical (unpaired) electrons. The highest BCUT2D eigenvalue weighted by Gasteiger charge is 2.13. The lowest BCUT2D eigenvalue weighted by Gasteiger charge is -2.12. The van der Waals surface area contributed by atoms with Gasteiger partial charge in [-0.25, -0.2) is 4.39 Å². The van der Waals surface area contributed by atoms with Gasteiger partial charge in [0.2, 0.25) is 0 Å². The Kier molecular flexibility index (Phi) is 7.31. The van der Waals surface area contributed by atoms with Gasteiger partial charge in [0, 0.05) is 4.47 Å². The number of carbonyl (C=O) groups is 2. The third-order valence-corrected chi connectivity index (χ3v) is 3.91. The van der Waals surface area contributed by atoms with Crippen molar-refractivity contribution >= 4 is 56.7 Å². The van der Waals surface area contributed by atoms with E-state index in [0.717, 1.165) is 10.5 Å². The standard InChI is InChI=1S/C16H12BrClFN3O3S/c17-9-5-6-13(11(18)7-9)25-8-14(23)21-22-16(26)20-15(24)10-3-1-2-4-12(10)19/h1-7H,8H2,(H,21,23)(H2,20,22,24,26).